The summed E-state index contributed by atoms with van der Waals surface area (Å²) >= 11 is 0. The molecule has 1 aliphatic rings. The van der Waals surface area contributed by atoms with E-state index in [2.05, 4.69) is 27.1 Å². The fourth-order valence-electron chi connectivity index (χ4n) is 3.43. The normalized spacial score (nSPS) is 16.9. The lowest BCUT2D eigenvalue weighted by molar-refractivity contribution is -0.126. The van der Waals surface area contributed by atoms with E-state index in [1.165, 1.54) is 6.26 Å². The maximum absolute atomic E-state index is 12.4. The first kappa shape index (κ1) is 20.5. The number of rotatable bonds is 5. The van der Waals surface area contributed by atoms with Crippen LogP contribution in [0.1, 0.15) is 38.8 Å². The van der Waals surface area contributed by atoms with E-state index in [4.69, 9.17) is 0 Å². The summed E-state index contributed by atoms with van der Waals surface area (Å²) in [6.07, 6.45) is 3.63. The summed E-state index contributed by atoms with van der Waals surface area (Å²) < 4.78 is 23.7. The van der Waals surface area contributed by atoms with Gasteiger partial charge >= 0.3 is 0 Å². The van der Waals surface area contributed by atoms with E-state index in [9.17, 15) is 13.2 Å². The number of aromatic nitrogens is 2. The van der Waals surface area contributed by atoms with Gasteiger partial charge in [0.2, 0.25) is 11.9 Å². The molecule has 8 heteroatoms. The van der Waals surface area contributed by atoms with Gasteiger partial charge in [-0.2, -0.15) is 0 Å². The van der Waals surface area contributed by atoms with Gasteiger partial charge in [-0.25, -0.2) is 18.4 Å². The zero-order valence-corrected chi connectivity index (χ0v) is 17.7. The fraction of sp³-hybridized carbons (Fsp3) is 0.550. The lowest BCUT2D eigenvalue weighted by Gasteiger charge is -2.32. The van der Waals surface area contributed by atoms with Gasteiger partial charge in [0.25, 0.3) is 0 Å². The topological polar surface area (TPSA) is 92.3 Å². The molecule has 1 aromatic carbocycles. The van der Waals surface area contributed by atoms with Crippen LogP contribution in [0.3, 0.4) is 0 Å². The Hall–Kier alpha value is -2.22. The number of nitrogens with zero attached hydrogens (tertiary/aromatic N) is 3. The van der Waals surface area contributed by atoms with Crippen LogP contribution in [0.2, 0.25) is 0 Å². The van der Waals surface area contributed by atoms with Crippen LogP contribution in [-0.2, 0) is 14.6 Å². The molecule has 0 bridgehead atoms. The highest BCUT2D eigenvalue weighted by atomic mass is 32.2. The van der Waals surface area contributed by atoms with Crippen molar-refractivity contribution < 1.29 is 13.2 Å². The van der Waals surface area contributed by atoms with Crippen LogP contribution in [0.4, 0.5) is 5.95 Å². The van der Waals surface area contributed by atoms with Crippen LogP contribution in [0.15, 0.2) is 23.1 Å². The molecule has 28 heavy (non-hydrogen) atoms. The van der Waals surface area contributed by atoms with E-state index in [1.54, 1.807) is 18.2 Å². The third-order valence-corrected chi connectivity index (χ3v) is 6.54. The van der Waals surface area contributed by atoms with Crippen LogP contribution in [-0.4, -0.2) is 49.7 Å². The molecule has 0 saturated carbocycles. The second kappa shape index (κ2) is 8.03. The monoisotopic (exact) mass is 404 g/mol. The molecule has 2 aromatic rings. The average Bonchev–Trinajstić information content (AvgIpc) is 2.66. The minimum atomic E-state index is -3.29. The SMILES string of the molecule is CC[C@@H](C)NC(=O)C1CCN(c2nc(C)c3ccc(S(C)(=O)=O)cc3n2)CC1. The Labute approximate surface area is 166 Å². The third-order valence-electron chi connectivity index (χ3n) is 5.42. The van der Waals surface area contributed by atoms with Crippen molar-refractivity contribution in [3.63, 3.8) is 0 Å². The predicted octanol–water partition coefficient (Wildman–Crippen LogP) is 2.47. The van der Waals surface area contributed by atoms with Crippen molar-refractivity contribution in [2.45, 2.75) is 51.0 Å². The Morgan fingerprint density at radius 1 is 1.29 bits per heavy atom. The summed E-state index contributed by atoms with van der Waals surface area (Å²) in [5.41, 5.74) is 1.44. The van der Waals surface area contributed by atoms with Crippen LogP contribution in [0.25, 0.3) is 10.9 Å². The Balaban J connectivity index is 1.78. The highest BCUT2D eigenvalue weighted by Gasteiger charge is 2.27. The minimum Gasteiger partial charge on any atom is -0.353 e. The number of benzene rings is 1. The van der Waals surface area contributed by atoms with E-state index in [-0.39, 0.29) is 22.8 Å². The number of anilines is 1. The predicted molar refractivity (Wildman–Crippen MR) is 110 cm³/mol. The molecule has 1 N–H and O–H groups in total. The van der Waals surface area contributed by atoms with E-state index in [0.717, 1.165) is 30.3 Å². The molecule has 1 atom stereocenters. The number of hydrogen-bond donors (Lipinski definition) is 1. The second-order valence-corrected chi connectivity index (χ2v) is 9.66. The van der Waals surface area contributed by atoms with Crippen LogP contribution < -0.4 is 10.2 Å². The maximum atomic E-state index is 12.4. The number of amides is 1. The van der Waals surface area contributed by atoms with E-state index >= 15 is 0 Å². The lowest BCUT2D eigenvalue weighted by atomic mass is 9.95. The molecule has 0 radical (unpaired) electrons. The first-order chi connectivity index (χ1) is 13.2. The van der Waals surface area contributed by atoms with Gasteiger partial charge in [-0.15, -0.1) is 0 Å². The molecule has 0 spiro atoms. The highest BCUT2D eigenvalue weighted by molar-refractivity contribution is 7.90. The van der Waals surface area contributed by atoms with E-state index in [1.807, 2.05) is 13.8 Å². The molecule has 3 rings (SSSR count). The van der Waals surface area contributed by atoms with Crippen LogP contribution in [0.5, 0.6) is 0 Å². The molecule has 1 fully saturated rings. The van der Waals surface area contributed by atoms with Gasteiger partial charge in [0.1, 0.15) is 0 Å². The Bertz CT molecular complexity index is 982. The number of fused-ring (bicyclic) bond motifs is 1. The number of hydrogen-bond acceptors (Lipinski definition) is 6. The Morgan fingerprint density at radius 3 is 2.57 bits per heavy atom. The van der Waals surface area contributed by atoms with Crippen molar-refractivity contribution in [2.75, 3.05) is 24.2 Å². The molecular weight excluding hydrogens is 376 g/mol. The highest BCUT2D eigenvalue weighted by Crippen LogP contribution is 2.25. The standard InChI is InChI=1S/C20H28N4O3S/c1-5-13(2)21-19(25)15-8-10-24(11-9-15)20-22-14(3)17-7-6-16(28(4,26)27)12-18(17)23-20/h6-7,12-13,15H,5,8-11H2,1-4H3,(H,21,25)/t13-/m1/s1. The number of nitrogens with one attached hydrogen (secondary N) is 1. The van der Waals surface area contributed by atoms with Crippen LogP contribution >= 0.6 is 0 Å². The van der Waals surface area contributed by atoms with E-state index in [0.29, 0.717) is 24.6 Å². The minimum absolute atomic E-state index is 0.0173. The lowest BCUT2D eigenvalue weighted by Crippen LogP contribution is -2.43. The summed E-state index contributed by atoms with van der Waals surface area (Å²) in [6, 6.07) is 5.15. The first-order valence-corrected chi connectivity index (χ1v) is 11.6. The number of sulfone groups is 1. The van der Waals surface area contributed by atoms with Gasteiger partial charge in [-0.05, 0) is 51.3 Å². The van der Waals surface area contributed by atoms with Crippen LogP contribution in [0, 0.1) is 12.8 Å². The Kier molecular flexibility index (Phi) is 5.88. The van der Waals surface area contributed by atoms with Gasteiger partial charge < -0.3 is 10.2 Å². The molecule has 0 aliphatic carbocycles. The smallest absolute Gasteiger partial charge is 0.226 e. The van der Waals surface area contributed by atoms with E-state index < -0.39 is 9.84 Å². The molecule has 2 heterocycles. The summed E-state index contributed by atoms with van der Waals surface area (Å²) in [5, 5.41) is 3.91. The fourth-order valence-corrected chi connectivity index (χ4v) is 4.07. The molecular formula is C20H28N4O3S. The molecule has 1 amide bonds. The molecule has 152 valence electrons. The third kappa shape index (κ3) is 4.43. The summed E-state index contributed by atoms with van der Waals surface area (Å²) in [7, 11) is -3.29. The van der Waals surface area contributed by atoms with Gasteiger partial charge in [0, 0.05) is 36.7 Å². The average molecular weight is 405 g/mol. The maximum Gasteiger partial charge on any atom is 0.226 e. The number of carbonyl (C=O) groups is 1. The first-order valence-electron chi connectivity index (χ1n) is 9.72. The number of piperidine rings is 1. The number of aryl methyl sites for hydroxylation is 1. The van der Waals surface area contributed by atoms with Crippen molar-refractivity contribution >= 4 is 32.6 Å². The van der Waals surface area contributed by atoms with Crippen molar-refractivity contribution in [2.24, 2.45) is 5.92 Å². The van der Waals surface area contributed by atoms with Crippen molar-refractivity contribution in [1.82, 2.24) is 15.3 Å². The van der Waals surface area contributed by atoms with Gasteiger partial charge in [0.05, 0.1) is 16.1 Å². The second-order valence-electron chi connectivity index (χ2n) is 7.64. The van der Waals surface area contributed by atoms with Gasteiger partial charge in [0.15, 0.2) is 9.84 Å². The molecule has 1 aliphatic heterocycles. The quantitative estimate of drug-likeness (QED) is 0.823. The summed E-state index contributed by atoms with van der Waals surface area (Å²) in [6.45, 7) is 7.39. The van der Waals surface area contributed by atoms with Crippen molar-refractivity contribution in [1.29, 1.82) is 0 Å². The summed E-state index contributed by atoms with van der Waals surface area (Å²) in [5.74, 6) is 0.738. The van der Waals surface area contributed by atoms with Crippen molar-refractivity contribution in [3.8, 4) is 0 Å². The molecule has 1 saturated heterocycles. The Morgan fingerprint density at radius 2 is 1.96 bits per heavy atom. The zero-order valence-electron chi connectivity index (χ0n) is 16.9. The zero-order chi connectivity index (χ0) is 20.5. The van der Waals surface area contributed by atoms with Gasteiger partial charge in [-0.1, -0.05) is 6.92 Å². The largest absolute Gasteiger partial charge is 0.353 e. The summed E-state index contributed by atoms with van der Waals surface area (Å²) in [4.78, 5) is 23.9. The molecule has 7 nitrogen and oxygen atoms in total. The number of carbonyl (C=O) groups excluding carboxylic acids is 1. The molecule has 1 aromatic heterocycles. The van der Waals surface area contributed by atoms with Gasteiger partial charge in [-0.3, -0.25) is 4.79 Å². The molecule has 0 unspecified atom stereocenters. The van der Waals surface area contributed by atoms with Crippen molar-refractivity contribution in [3.05, 3.63) is 23.9 Å².